The van der Waals surface area contributed by atoms with Gasteiger partial charge in [0, 0.05) is 18.4 Å². The molecule has 0 aliphatic heterocycles. The molecule has 1 aromatic heterocycles. The summed E-state index contributed by atoms with van der Waals surface area (Å²) in [4.78, 5) is 15.9. The van der Waals surface area contributed by atoms with E-state index in [4.69, 9.17) is 0 Å². The Hall–Kier alpha value is -2.19. The summed E-state index contributed by atoms with van der Waals surface area (Å²) in [6, 6.07) is 8.30. The first-order valence-corrected chi connectivity index (χ1v) is 8.32. The molecule has 124 valence electrons. The fourth-order valence-corrected chi connectivity index (χ4v) is 2.41. The molecule has 0 aliphatic rings. The van der Waals surface area contributed by atoms with Crippen molar-refractivity contribution in [3.8, 4) is 0 Å². The number of carbonyl (C=O) groups excluding carboxylic acids is 1. The van der Waals surface area contributed by atoms with E-state index in [1.165, 1.54) is 0 Å². The molecule has 0 aliphatic carbocycles. The van der Waals surface area contributed by atoms with Crippen LogP contribution in [0.4, 0.5) is 9.57 Å². The largest absolute Gasteiger partial charge is 0.356 e. The van der Waals surface area contributed by atoms with Crippen LogP contribution in [-0.2, 0) is 16.6 Å². The molecule has 0 saturated heterocycles. The lowest BCUT2D eigenvalue weighted by molar-refractivity contribution is 0.102. The van der Waals surface area contributed by atoms with E-state index in [1.54, 1.807) is 12.1 Å². The van der Waals surface area contributed by atoms with E-state index in [0.29, 0.717) is 5.69 Å². The van der Waals surface area contributed by atoms with Gasteiger partial charge in [0.25, 0.3) is 5.91 Å². The molecule has 2 rings (SSSR count). The molecule has 0 unspecified atom stereocenters. The van der Waals surface area contributed by atoms with E-state index >= 15 is 0 Å². The van der Waals surface area contributed by atoms with Crippen LogP contribution in [0.25, 0.3) is 0 Å². The number of rotatable bonds is 6. The van der Waals surface area contributed by atoms with E-state index < -0.39 is 21.0 Å². The number of nitrogens with one attached hydrogen (secondary N) is 2. The molecule has 0 fully saturated rings. The molecule has 8 heteroatoms. The maximum absolute atomic E-state index is 12.8. The minimum Gasteiger partial charge on any atom is -0.356 e. The monoisotopic (exact) mass is 339 g/mol. The van der Waals surface area contributed by atoms with E-state index in [-0.39, 0.29) is 5.69 Å². The minimum atomic E-state index is -4.82. The van der Waals surface area contributed by atoms with Gasteiger partial charge < -0.3 is 15.2 Å². The molecular weight excluding hydrogens is 321 g/mol. The van der Waals surface area contributed by atoms with Gasteiger partial charge in [-0.05, 0) is 44.3 Å². The fraction of sp³-hybridized carbons (Fsp3) is 0.267. The molecule has 0 radical (unpaired) electrons. The van der Waals surface area contributed by atoms with Crippen LogP contribution in [0.2, 0.25) is 0 Å². The Morgan fingerprint density at radius 3 is 2.43 bits per heavy atom. The van der Waals surface area contributed by atoms with Crippen LogP contribution in [0.15, 0.2) is 41.4 Å². The number of aromatic amines is 1. The number of carbonyl (C=O) groups is 1. The van der Waals surface area contributed by atoms with Crippen molar-refractivity contribution in [2.75, 3.05) is 26.0 Å². The van der Waals surface area contributed by atoms with Crippen LogP contribution in [0.3, 0.4) is 0 Å². The SMILES string of the molecule is CN(C)CCc1ccc(NC(=O)c2cc(S(=O)(=O)F)c[nH]2)cc1. The molecule has 1 heterocycles. The molecule has 0 bridgehead atoms. The average molecular weight is 339 g/mol. The topological polar surface area (TPSA) is 82.3 Å². The normalized spacial score (nSPS) is 11.7. The molecule has 1 aromatic carbocycles. The maximum atomic E-state index is 12.8. The number of aromatic nitrogens is 1. The second-order valence-corrected chi connectivity index (χ2v) is 6.74. The van der Waals surface area contributed by atoms with Gasteiger partial charge in [-0.1, -0.05) is 12.1 Å². The first-order chi connectivity index (χ1) is 10.8. The summed E-state index contributed by atoms with van der Waals surface area (Å²) >= 11 is 0. The molecule has 23 heavy (non-hydrogen) atoms. The Bertz CT molecular complexity index is 783. The lowest BCUT2D eigenvalue weighted by Crippen LogP contribution is -2.15. The van der Waals surface area contributed by atoms with Crippen molar-refractivity contribution in [2.45, 2.75) is 11.3 Å². The summed E-state index contributed by atoms with van der Waals surface area (Å²) in [6.45, 7) is 0.925. The van der Waals surface area contributed by atoms with Crippen molar-refractivity contribution in [3.63, 3.8) is 0 Å². The zero-order valence-electron chi connectivity index (χ0n) is 12.8. The van der Waals surface area contributed by atoms with Gasteiger partial charge in [-0.2, -0.15) is 8.42 Å². The van der Waals surface area contributed by atoms with Gasteiger partial charge >= 0.3 is 10.2 Å². The highest BCUT2D eigenvalue weighted by Gasteiger charge is 2.17. The van der Waals surface area contributed by atoms with Gasteiger partial charge in [0.1, 0.15) is 10.6 Å². The number of nitrogens with zero attached hydrogens (tertiary/aromatic N) is 1. The number of amides is 1. The summed E-state index contributed by atoms with van der Waals surface area (Å²) in [6.07, 6.45) is 1.84. The van der Waals surface area contributed by atoms with Crippen molar-refractivity contribution >= 4 is 21.8 Å². The quantitative estimate of drug-likeness (QED) is 0.789. The number of H-pyrrole nitrogens is 1. The molecule has 6 nitrogen and oxygen atoms in total. The van der Waals surface area contributed by atoms with E-state index in [1.807, 2.05) is 26.2 Å². The van der Waals surface area contributed by atoms with Crippen LogP contribution in [0.5, 0.6) is 0 Å². The molecule has 2 aromatic rings. The number of hydrogen-bond acceptors (Lipinski definition) is 4. The lowest BCUT2D eigenvalue weighted by atomic mass is 10.1. The number of halogens is 1. The maximum Gasteiger partial charge on any atom is 0.333 e. The Balaban J connectivity index is 2.01. The van der Waals surface area contributed by atoms with Crippen LogP contribution >= 0.6 is 0 Å². The summed E-state index contributed by atoms with van der Waals surface area (Å²) in [5.74, 6) is -0.541. The fourth-order valence-electron chi connectivity index (χ4n) is 1.95. The predicted octanol–water partition coefficient (Wildman–Crippen LogP) is 2.03. The summed E-state index contributed by atoms with van der Waals surface area (Å²) in [5, 5.41) is 2.62. The zero-order valence-corrected chi connectivity index (χ0v) is 13.7. The van der Waals surface area contributed by atoms with Crippen LogP contribution < -0.4 is 5.32 Å². The first kappa shape index (κ1) is 17.2. The van der Waals surface area contributed by atoms with Crippen molar-refractivity contribution in [1.82, 2.24) is 9.88 Å². The Morgan fingerprint density at radius 1 is 1.26 bits per heavy atom. The van der Waals surface area contributed by atoms with Gasteiger partial charge in [0.15, 0.2) is 0 Å². The van der Waals surface area contributed by atoms with Gasteiger partial charge in [0.2, 0.25) is 0 Å². The van der Waals surface area contributed by atoms with Crippen LogP contribution in [0, 0.1) is 0 Å². The number of likely N-dealkylation sites (N-methyl/N-ethyl adjacent to an activating group) is 1. The Labute approximate surface area is 134 Å². The smallest absolute Gasteiger partial charge is 0.333 e. The Morgan fingerprint density at radius 2 is 1.91 bits per heavy atom. The van der Waals surface area contributed by atoms with E-state index in [2.05, 4.69) is 15.2 Å². The lowest BCUT2D eigenvalue weighted by Gasteiger charge is -2.10. The Kier molecular flexibility index (Phi) is 5.17. The van der Waals surface area contributed by atoms with E-state index in [9.17, 15) is 17.1 Å². The zero-order chi connectivity index (χ0) is 17.0. The molecule has 0 saturated carbocycles. The molecule has 2 N–H and O–H groups in total. The second-order valence-electron chi connectivity index (χ2n) is 5.39. The highest BCUT2D eigenvalue weighted by molar-refractivity contribution is 7.86. The second kappa shape index (κ2) is 6.93. The molecule has 0 spiro atoms. The van der Waals surface area contributed by atoms with Gasteiger partial charge in [-0.25, -0.2) is 0 Å². The number of anilines is 1. The van der Waals surface area contributed by atoms with Crippen molar-refractivity contribution in [1.29, 1.82) is 0 Å². The molecular formula is C15H18FN3O3S. The van der Waals surface area contributed by atoms with Gasteiger partial charge in [-0.3, -0.25) is 4.79 Å². The average Bonchev–Trinajstić information content (AvgIpc) is 2.96. The standard InChI is InChI=1S/C15H18FN3O3S/c1-19(2)8-7-11-3-5-12(6-4-11)18-15(20)14-9-13(10-17-14)23(16,21)22/h3-6,9-10,17H,7-8H2,1-2H3,(H,18,20). The minimum absolute atomic E-state index is 0.0297. The van der Waals surface area contributed by atoms with Crippen LogP contribution in [-0.4, -0.2) is 44.8 Å². The number of hydrogen-bond donors (Lipinski definition) is 2. The highest BCUT2D eigenvalue weighted by Crippen LogP contribution is 2.15. The third-order valence-electron chi connectivity index (χ3n) is 3.24. The third kappa shape index (κ3) is 4.90. The first-order valence-electron chi connectivity index (χ1n) is 6.94. The van der Waals surface area contributed by atoms with Crippen molar-refractivity contribution < 1.29 is 17.1 Å². The third-order valence-corrected chi connectivity index (χ3v) is 4.04. The molecule has 1 amide bonds. The van der Waals surface area contributed by atoms with E-state index in [0.717, 1.165) is 30.8 Å². The molecule has 0 atom stereocenters. The number of benzene rings is 1. The summed E-state index contributed by atoms with van der Waals surface area (Å²) in [7, 11) is -0.829. The predicted molar refractivity (Wildman–Crippen MR) is 85.7 cm³/mol. The van der Waals surface area contributed by atoms with Gasteiger partial charge in [-0.15, -0.1) is 3.89 Å². The van der Waals surface area contributed by atoms with Crippen molar-refractivity contribution in [3.05, 3.63) is 47.8 Å². The summed E-state index contributed by atoms with van der Waals surface area (Å²) < 4.78 is 34.3. The highest BCUT2D eigenvalue weighted by atomic mass is 32.3. The van der Waals surface area contributed by atoms with Crippen molar-refractivity contribution in [2.24, 2.45) is 0 Å². The van der Waals surface area contributed by atoms with Crippen LogP contribution in [0.1, 0.15) is 16.1 Å². The summed E-state index contributed by atoms with van der Waals surface area (Å²) in [5.41, 5.74) is 1.68. The van der Waals surface area contributed by atoms with Gasteiger partial charge in [0.05, 0.1) is 0 Å².